The zero-order valence-corrected chi connectivity index (χ0v) is 14.8. The Bertz CT molecular complexity index is 772. The minimum atomic E-state index is -1.18. The van der Waals surface area contributed by atoms with Gasteiger partial charge in [-0.1, -0.05) is 30.3 Å². The second kappa shape index (κ2) is 6.85. The number of aliphatic hydroxyl groups excluding tert-OH is 1. The van der Waals surface area contributed by atoms with Gasteiger partial charge in [-0.05, 0) is 31.2 Å². The van der Waals surface area contributed by atoms with Crippen LogP contribution in [-0.2, 0) is 17.8 Å². The first kappa shape index (κ1) is 17.2. The first-order valence-electron chi connectivity index (χ1n) is 9.28. The molecular weight excluding hydrogens is 330 g/mol. The Kier molecular flexibility index (Phi) is 4.54. The van der Waals surface area contributed by atoms with Crippen molar-refractivity contribution in [2.24, 2.45) is 5.41 Å². The number of aliphatic carboxylic acids is 1. The minimum absolute atomic E-state index is 0.329. The summed E-state index contributed by atoms with van der Waals surface area (Å²) in [4.78, 5) is 18.8. The number of imidazole rings is 1. The van der Waals surface area contributed by atoms with Gasteiger partial charge in [0.05, 0.1) is 12.6 Å². The number of hydrogen-bond donors (Lipinski definition) is 2. The maximum atomic E-state index is 12.2. The number of aliphatic hydroxyl groups is 1. The van der Waals surface area contributed by atoms with Crippen molar-refractivity contribution in [3.63, 3.8) is 0 Å². The van der Waals surface area contributed by atoms with Gasteiger partial charge in [0.25, 0.3) is 0 Å². The highest BCUT2D eigenvalue weighted by molar-refractivity contribution is 5.76. The maximum absolute atomic E-state index is 12.2. The fourth-order valence-corrected chi connectivity index (χ4v) is 4.07. The topological polar surface area (TPSA) is 78.6 Å². The molecule has 6 heteroatoms. The summed E-state index contributed by atoms with van der Waals surface area (Å²) in [5.74, 6) is 0.0620. The molecule has 2 N–H and O–H groups in total. The molecule has 4 rings (SSSR count). The van der Waals surface area contributed by atoms with Gasteiger partial charge in [0.15, 0.2) is 0 Å². The number of hydrogen-bond acceptors (Lipinski definition) is 4. The quantitative estimate of drug-likeness (QED) is 0.830. The average Bonchev–Trinajstić information content (AvgIpc) is 3.38. The van der Waals surface area contributed by atoms with Gasteiger partial charge in [0.2, 0.25) is 0 Å². The minimum Gasteiger partial charge on any atom is -0.481 e. The van der Waals surface area contributed by atoms with Crippen LogP contribution in [0.1, 0.15) is 36.7 Å². The average molecular weight is 355 g/mol. The van der Waals surface area contributed by atoms with Crippen LogP contribution in [0.15, 0.2) is 42.7 Å². The Balaban J connectivity index is 1.55. The highest BCUT2D eigenvalue weighted by Gasteiger charge is 2.49. The van der Waals surface area contributed by atoms with Gasteiger partial charge in [-0.2, -0.15) is 0 Å². The molecule has 2 aromatic rings. The van der Waals surface area contributed by atoms with E-state index in [-0.39, 0.29) is 0 Å². The summed E-state index contributed by atoms with van der Waals surface area (Å²) < 4.78 is 2.21. The molecule has 0 unspecified atom stereocenters. The molecule has 1 aromatic carbocycles. The number of carbonyl (C=O) groups is 1. The Labute approximate surface area is 153 Å². The van der Waals surface area contributed by atoms with E-state index in [1.54, 1.807) is 0 Å². The van der Waals surface area contributed by atoms with Crippen LogP contribution in [0.3, 0.4) is 0 Å². The predicted molar refractivity (Wildman–Crippen MR) is 96.6 cm³/mol. The third-order valence-electron chi connectivity index (χ3n) is 5.70. The second-order valence-corrected chi connectivity index (χ2v) is 7.62. The summed E-state index contributed by atoms with van der Waals surface area (Å²) in [5, 5.41) is 20.6. The molecule has 2 atom stereocenters. The Morgan fingerprint density at radius 1 is 1.23 bits per heavy atom. The first-order valence-corrected chi connectivity index (χ1v) is 9.28. The van der Waals surface area contributed by atoms with Crippen molar-refractivity contribution in [2.75, 3.05) is 13.1 Å². The Morgan fingerprint density at radius 2 is 2.00 bits per heavy atom. The third-order valence-corrected chi connectivity index (χ3v) is 5.70. The summed E-state index contributed by atoms with van der Waals surface area (Å²) in [6, 6.07) is 10.1. The molecule has 26 heavy (non-hydrogen) atoms. The van der Waals surface area contributed by atoms with Crippen molar-refractivity contribution in [1.82, 2.24) is 14.5 Å². The molecule has 2 heterocycles. The molecule has 0 bridgehead atoms. The lowest BCUT2D eigenvalue weighted by atomic mass is 9.73. The van der Waals surface area contributed by atoms with E-state index in [0.29, 0.717) is 38.5 Å². The number of aromatic nitrogens is 2. The van der Waals surface area contributed by atoms with Crippen LogP contribution < -0.4 is 0 Å². The number of likely N-dealkylation sites (tertiary alicyclic amines) is 1. The third kappa shape index (κ3) is 3.27. The van der Waals surface area contributed by atoms with E-state index in [1.807, 2.05) is 42.7 Å². The predicted octanol–water partition coefficient (Wildman–Crippen LogP) is 2.10. The second-order valence-electron chi connectivity index (χ2n) is 7.62. The van der Waals surface area contributed by atoms with Crippen LogP contribution in [0.2, 0.25) is 0 Å². The monoisotopic (exact) mass is 355 g/mol. The number of piperidine rings is 1. The zero-order chi connectivity index (χ0) is 18.1. The molecule has 2 aliphatic rings. The van der Waals surface area contributed by atoms with Gasteiger partial charge in [0.1, 0.15) is 11.2 Å². The lowest BCUT2D eigenvalue weighted by molar-refractivity contribution is -0.163. The molecule has 6 nitrogen and oxygen atoms in total. The van der Waals surface area contributed by atoms with E-state index in [2.05, 4.69) is 14.5 Å². The van der Waals surface area contributed by atoms with Gasteiger partial charge in [-0.15, -0.1) is 0 Å². The highest BCUT2D eigenvalue weighted by atomic mass is 16.4. The van der Waals surface area contributed by atoms with E-state index in [0.717, 1.165) is 11.4 Å². The standard InChI is InChI=1S/C20H25N3O3/c24-17-8-10-22(13-18-21-9-11-23(18)16-6-7-16)14-20(17,19(25)26)12-15-4-2-1-3-5-15/h1-5,9,11,16-17,24H,6-8,10,12-14H2,(H,25,26)/t17-,20-/m1/s1. The Morgan fingerprint density at radius 3 is 2.69 bits per heavy atom. The number of carboxylic acid groups (broad SMARTS) is 1. The van der Waals surface area contributed by atoms with Gasteiger partial charge in [-0.3, -0.25) is 9.69 Å². The molecule has 1 saturated carbocycles. The molecule has 0 amide bonds. The molecule has 0 radical (unpaired) electrons. The van der Waals surface area contributed by atoms with Crippen LogP contribution in [0.5, 0.6) is 0 Å². The lowest BCUT2D eigenvalue weighted by Gasteiger charge is -2.43. The smallest absolute Gasteiger partial charge is 0.313 e. The highest BCUT2D eigenvalue weighted by Crippen LogP contribution is 2.37. The SMILES string of the molecule is O=C(O)[C@]1(Cc2ccccc2)CN(Cc2nccn2C2CC2)CC[C@H]1O. The molecule has 138 valence electrons. The van der Waals surface area contributed by atoms with Crippen LogP contribution in [0.25, 0.3) is 0 Å². The number of rotatable bonds is 6. The summed E-state index contributed by atoms with van der Waals surface area (Å²) in [7, 11) is 0. The van der Waals surface area contributed by atoms with E-state index in [1.165, 1.54) is 12.8 Å². The number of nitrogens with zero attached hydrogens (tertiary/aromatic N) is 3. The van der Waals surface area contributed by atoms with E-state index in [4.69, 9.17) is 0 Å². The fraction of sp³-hybridized carbons (Fsp3) is 0.500. The van der Waals surface area contributed by atoms with Crippen molar-refractivity contribution in [2.45, 2.75) is 44.4 Å². The van der Waals surface area contributed by atoms with Crippen LogP contribution >= 0.6 is 0 Å². The molecular formula is C20H25N3O3. The van der Waals surface area contributed by atoms with Crippen molar-refractivity contribution >= 4 is 5.97 Å². The summed E-state index contributed by atoms with van der Waals surface area (Å²) in [6.07, 6.45) is 6.16. The lowest BCUT2D eigenvalue weighted by Crippen LogP contribution is -2.57. The van der Waals surface area contributed by atoms with Crippen LogP contribution in [0, 0.1) is 5.41 Å². The molecule has 1 aromatic heterocycles. The van der Waals surface area contributed by atoms with Crippen molar-refractivity contribution < 1.29 is 15.0 Å². The summed E-state index contributed by atoms with van der Waals surface area (Å²) >= 11 is 0. The van der Waals surface area contributed by atoms with E-state index in [9.17, 15) is 15.0 Å². The van der Waals surface area contributed by atoms with E-state index < -0.39 is 17.5 Å². The largest absolute Gasteiger partial charge is 0.481 e. The first-order chi connectivity index (χ1) is 12.6. The number of carboxylic acids is 1. The van der Waals surface area contributed by atoms with Gasteiger partial charge >= 0.3 is 5.97 Å². The zero-order valence-electron chi connectivity index (χ0n) is 14.8. The van der Waals surface area contributed by atoms with Crippen molar-refractivity contribution in [3.05, 3.63) is 54.1 Å². The number of benzene rings is 1. The van der Waals surface area contributed by atoms with Gasteiger partial charge in [-0.25, -0.2) is 4.98 Å². The van der Waals surface area contributed by atoms with Crippen molar-refractivity contribution in [1.29, 1.82) is 0 Å². The van der Waals surface area contributed by atoms with Crippen LogP contribution in [0.4, 0.5) is 0 Å². The normalized spacial score (nSPS) is 26.7. The van der Waals surface area contributed by atoms with Gasteiger partial charge in [0, 0.05) is 31.5 Å². The van der Waals surface area contributed by atoms with E-state index >= 15 is 0 Å². The maximum Gasteiger partial charge on any atom is 0.313 e. The summed E-state index contributed by atoms with van der Waals surface area (Å²) in [5.41, 5.74) is -0.244. The van der Waals surface area contributed by atoms with Gasteiger partial charge < -0.3 is 14.8 Å². The Hall–Kier alpha value is -2.18. The molecule has 1 saturated heterocycles. The van der Waals surface area contributed by atoms with Crippen molar-refractivity contribution in [3.8, 4) is 0 Å². The fourth-order valence-electron chi connectivity index (χ4n) is 4.07. The summed E-state index contributed by atoms with van der Waals surface area (Å²) in [6.45, 7) is 1.64. The molecule has 2 fully saturated rings. The molecule has 1 aliphatic heterocycles. The molecule has 1 aliphatic carbocycles. The van der Waals surface area contributed by atoms with Crippen LogP contribution in [-0.4, -0.2) is 49.8 Å². The molecule has 0 spiro atoms.